The average Bonchev–Trinajstić information content (AvgIpc) is 3.20. The number of nitro groups is 1. The smallest absolute Gasteiger partial charge is 0.269 e. The number of hydrogen-bond donors (Lipinski definition) is 1. The highest BCUT2D eigenvalue weighted by Gasteiger charge is 2.13. The van der Waals surface area contributed by atoms with Gasteiger partial charge in [0.25, 0.3) is 5.69 Å². The van der Waals surface area contributed by atoms with E-state index in [1.807, 2.05) is 49.4 Å². The second kappa shape index (κ2) is 9.67. The summed E-state index contributed by atoms with van der Waals surface area (Å²) in [6, 6.07) is 19.4. The van der Waals surface area contributed by atoms with E-state index >= 15 is 0 Å². The van der Waals surface area contributed by atoms with Crippen LogP contribution in [0, 0.1) is 17.0 Å². The van der Waals surface area contributed by atoms with Crippen molar-refractivity contribution in [2.45, 2.75) is 11.9 Å². The minimum Gasteiger partial charge on any atom is -0.325 e. The lowest BCUT2D eigenvalue weighted by Gasteiger charge is -2.05. The number of thiazole rings is 1. The van der Waals surface area contributed by atoms with Crippen molar-refractivity contribution in [3.8, 4) is 21.1 Å². The molecule has 8 nitrogen and oxygen atoms in total. The number of carbonyl (C=O) groups is 1. The van der Waals surface area contributed by atoms with Crippen molar-refractivity contribution in [2.24, 2.45) is 0 Å². The summed E-state index contributed by atoms with van der Waals surface area (Å²) >= 11 is 2.83. The molecule has 0 unspecified atom stereocenters. The molecule has 32 heavy (non-hydrogen) atoms. The number of amides is 1. The SMILES string of the molecule is Cc1nc(-c2ccccc2)sc1-c1ccc(SCC(=O)Nc2ccc([N+](=O)[O-])cc2)nn1. The molecular formula is C22H17N5O3S2. The summed E-state index contributed by atoms with van der Waals surface area (Å²) in [5, 5.41) is 23.5. The Morgan fingerprint density at radius 3 is 2.47 bits per heavy atom. The molecule has 0 atom stereocenters. The predicted molar refractivity (Wildman–Crippen MR) is 126 cm³/mol. The molecule has 0 saturated heterocycles. The van der Waals surface area contributed by atoms with E-state index in [4.69, 9.17) is 0 Å². The number of thioether (sulfide) groups is 1. The average molecular weight is 464 g/mol. The van der Waals surface area contributed by atoms with E-state index in [1.165, 1.54) is 36.0 Å². The molecule has 2 heterocycles. The largest absolute Gasteiger partial charge is 0.325 e. The number of anilines is 1. The van der Waals surface area contributed by atoms with Crippen LogP contribution in [0.1, 0.15) is 5.69 Å². The molecule has 0 aliphatic heterocycles. The van der Waals surface area contributed by atoms with Gasteiger partial charge in [-0.25, -0.2) is 4.98 Å². The quantitative estimate of drug-likeness (QED) is 0.227. The lowest BCUT2D eigenvalue weighted by molar-refractivity contribution is -0.384. The van der Waals surface area contributed by atoms with Gasteiger partial charge in [-0.2, -0.15) is 0 Å². The third kappa shape index (κ3) is 5.16. The zero-order chi connectivity index (χ0) is 22.5. The first-order valence-electron chi connectivity index (χ1n) is 9.53. The first kappa shape index (κ1) is 21.6. The van der Waals surface area contributed by atoms with Gasteiger partial charge >= 0.3 is 0 Å². The molecule has 0 aliphatic carbocycles. The molecule has 2 aromatic carbocycles. The Bertz CT molecular complexity index is 1240. The first-order chi connectivity index (χ1) is 15.5. The number of carbonyl (C=O) groups excluding carboxylic acids is 1. The highest BCUT2D eigenvalue weighted by molar-refractivity contribution is 7.99. The fourth-order valence-electron chi connectivity index (χ4n) is 2.86. The topological polar surface area (TPSA) is 111 Å². The molecule has 0 fully saturated rings. The van der Waals surface area contributed by atoms with Crippen LogP contribution in [0.15, 0.2) is 71.8 Å². The maximum Gasteiger partial charge on any atom is 0.269 e. The maximum absolute atomic E-state index is 12.2. The Morgan fingerprint density at radius 1 is 1.06 bits per heavy atom. The second-order valence-corrected chi connectivity index (χ2v) is 8.69. The Hall–Kier alpha value is -3.63. The fraction of sp³-hybridized carbons (Fsp3) is 0.0909. The zero-order valence-electron chi connectivity index (χ0n) is 16.9. The van der Waals surface area contributed by atoms with Crippen molar-refractivity contribution in [2.75, 3.05) is 11.1 Å². The molecule has 0 saturated carbocycles. The number of rotatable bonds is 7. The van der Waals surface area contributed by atoms with Gasteiger partial charge in [-0.3, -0.25) is 14.9 Å². The van der Waals surface area contributed by atoms with Crippen molar-refractivity contribution in [3.63, 3.8) is 0 Å². The van der Waals surface area contributed by atoms with Crippen LogP contribution in [0.4, 0.5) is 11.4 Å². The van der Waals surface area contributed by atoms with Crippen LogP contribution in [-0.2, 0) is 4.79 Å². The van der Waals surface area contributed by atoms with Crippen LogP contribution in [0.25, 0.3) is 21.1 Å². The lowest BCUT2D eigenvalue weighted by atomic mass is 10.2. The molecule has 160 valence electrons. The van der Waals surface area contributed by atoms with Gasteiger partial charge in [-0.1, -0.05) is 42.1 Å². The Labute approximate surface area is 191 Å². The number of non-ortho nitro benzene ring substituents is 1. The molecule has 0 aliphatic rings. The van der Waals surface area contributed by atoms with Crippen LogP contribution in [0.2, 0.25) is 0 Å². The minimum absolute atomic E-state index is 0.0280. The number of nitro benzene ring substituents is 1. The summed E-state index contributed by atoms with van der Waals surface area (Å²) in [6.45, 7) is 1.95. The van der Waals surface area contributed by atoms with Crippen LogP contribution in [-0.4, -0.2) is 31.8 Å². The molecule has 4 aromatic rings. The summed E-state index contributed by atoms with van der Waals surface area (Å²) in [7, 11) is 0. The van der Waals surface area contributed by atoms with Gasteiger partial charge < -0.3 is 5.32 Å². The zero-order valence-corrected chi connectivity index (χ0v) is 18.5. The normalized spacial score (nSPS) is 10.7. The standard InChI is InChI=1S/C22H17N5O3S2/c1-14-21(32-22(23-14)15-5-3-2-4-6-15)18-11-12-20(26-25-18)31-13-19(28)24-16-7-9-17(10-8-16)27(29)30/h2-12H,13H2,1H3,(H,24,28). The molecule has 10 heteroatoms. The van der Waals surface area contributed by atoms with E-state index in [0.29, 0.717) is 10.7 Å². The lowest BCUT2D eigenvalue weighted by Crippen LogP contribution is -2.14. The fourth-order valence-corrected chi connectivity index (χ4v) is 4.51. The van der Waals surface area contributed by atoms with Crippen molar-refractivity contribution in [1.29, 1.82) is 0 Å². The Kier molecular flexibility index (Phi) is 6.52. The molecular weight excluding hydrogens is 446 g/mol. The highest BCUT2D eigenvalue weighted by Crippen LogP contribution is 2.34. The summed E-state index contributed by atoms with van der Waals surface area (Å²) in [4.78, 5) is 28.0. The number of aromatic nitrogens is 3. The summed E-state index contributed by atoms with van der Waals surface area (Å²) in [6.07, 6.45) is 0. The second-order valence-electron chi connectivity index (χ2n) is 6.70. The van der Waals surface area contributed by atoms with Gasteiger partial charge in [0.1, 0.15) is 15.7 Å². The Balaban J connectivity index is 1.36. The van der Waals surface area contributed by atoms with E-state index in [2.05, 4.69) is 20.5 Å². The van der Waals surface area contributed by atoms with E-state index in [0.717, 1.165) is 26.8 Å². The van der Waals surface area contributed by atoms with Crippen molar-refractivity contribution in [3.05, 3.63) is 82.5 Å². The summed E-state index contributed by atoms with van der Waals surface area (Å²) < 4.78 is 0. The number of nitrogens with one attached hydrogen (secondary N) is 1. The van der Waals surface area contributed by atoms with Gasteiger partial charge in [0.15, 0.2) is 0 Å². The predicted octanol–water partition coefficient (Wildman–Crippen LogP) is 5.21. The van der Waals surface area contributed by atoms with Gasteiger partial charge in [0.05, 0.1) is 21.2 Å². The summed E-state index contributed by atoms with van der Waals surface area (Å²) in [5.74, 6) is -0.0940. The molecule has 0 radical (unpaired) electrons. The van der Waals surface area contributed by atoms with Gasteiger partial charge in [-0.15, -0.1) is 21.5 Å². The maximum atomic E-state index is 12.2. The van der Waals surface area contributed by atoms with E-state index in [-0.39, 0.29) is 17.3 Å². The highest BCUT2D eigenvalue weighted by atomic mass is 32.2. The number of hydrogen-bond acceptors (Lipinski definition) is 8. The van der Waals surface area contributed by atoms with Crippen molar-refractivity contribution < 1.29 is 9.72 Å². The number of benzene rings is 2. The third-order valence-electron chi connectivity index (χ3n) is 4.40. The van der Waals surface area contributed by atoms with Gasteiger partial charge in [0, 0.05) is 23.4 Å². The molecule has 1 amide bonds. The third-order valence-corrected chi connectivity index (χ3v) is 6.55. The molecule has 0 spiro atoms. The molecule has 0 bridgehead atoms. The Morgan fingerprint density at radius 2 is 1.81 bits per heavy atom. The van der Waals surface area contributed by atoms with Crippen LogP contribution >= 0.6 is 23.1 Å². The number of nitrogens with zero attached hydrogens (tertiary/aromatic N) is 4. The van der Waals surface area contributed by atoms with Gasteiger partial charge in [0.2, 0.25) is 5.91 Å². The molecule has 1 N–H and O–H groups in total. The molecule has 2 aromatic heterocycles. The minimum atomic E-state index is -0.486. The van der Waals surface area contributed by atoms with Crippen LogP contribution in [0.3, 0.4) is 0 Å². The van der Waals surface area contributed by atoms with E-state index in [9.17, 15) is 14.9 Å². The van der Waals surface area contributed by atoms with Crippen LogP contribution in [0.5, 0.6) is 0 Å². The van der Waals surface area contributed by atoms with E-state index in [1.54, 1.807) is 11.3 Å². The number of aryl methyl sites for hydroxylation is 1. The monoisotopic (exact) mass is 463 g/mol. The van der Waals surface area contributed by atoms with Crippen LogP contribution < -0.4 is 5.32 Å². The van der Waals surface area contributed by atoms with Gasteiger partial charge in [-0.05, 0) is 31.2 Å². The summed E-state index contributed by atoms with van der Waals surface area (Å²) in [5.41, 5.74) is 3.16. The van der Waals surface area contributed by atoms with Crippen molar-refractivity contribution >= 4 is 40.4 Å². The molecule has 4 rings (SSSR count). The van der Waals surface area contributed by atoms with Crippen molar-refractivity contribution in [1.82, 2.24) is 15.2 Å². The van der Waals surface area contributed by atoms with E-state index < -0.39 is 4.92 Å². The first-order valence-corrected chi connectivity index (χ1v) is 11.3.